The summed E-state index contributed by atoms with van der Waals surface area (Å²) in [6, 6.07) is 7.69. The molecule has 6 rings (SSSR count). The van der Waals surface area contributed by atoms with E-state index in [0.717, 1.165) is 49.5 Å². The Balaban J connectivity index is 0.942. The quantitative estimate of drug-likeness (QED) is 0.327. The standard InChI is InChI=1S/C38H46F3N9O5S/c1-23-20-46(21-24(2)48(23)22-33(52)44-26-6-12-31(43-19-26)47-14-13-32(51)45-35(47)54)15-16-55-29-10-8-27(9-11-29)50-36(56)49(34(53)37(50,3)4)28-7-5-25(18-42)30(17-28)38(39,40)41/h5-7,12,17,19,23-24,27,29H,8-11,13-16,20-22H2,1-4H3,(H,44,52)(H,45,51,54)/t23-,24+,27-,29-. The van der Waals surface area contributed by atoms with E-state index in [-0.39, 0.29) is 66.4 Å². The first-order valence-corrected chi connectivity index (χ1v) is 19.1. The molecule has 3 aliphatic heterocycles. The molecule has 56 heavy (non-hydrogen) atoms. The Morgan fingerprint density at radius 2 is 1.79 bits per heavy atom. The fourth-order valence-electron chi connectivity index (χ4n) is 8.20. The monoisotopic (exact) mass is 797 g/mol. The first kappa shape index (κ1) is 40.9. The van der Waals surface area contributed by atoms with Gasteiger partial charge in [-0.15, -0.1) is 0 Å². The number of rotatable bonds is 10. The highest BCUT2D eigenvalue weighted by Gasteiger charge is 2.52. The summed E-state index contributed by atoms with van der Waals surface area (Å²) in [6.07, 6.45) is -0.183. The van der Waals surface area contributed by atoms with Gasteiger partial charge in [-0.3, -0.25) is 39.3 Å². The molecule has 4 fully saturated rings. The Hall–Kier alpha value is -4.70. The molecule has 4 heterocycles. The molecule has 1 aromatic carbocycles. The lowest BCUT2D eigenvalue weighted by Crippen LogP contribution is -2.58. The number of nitriles is 1. The molecule has 4 aliphatic rings. The highest BCUT2D eigenvalue weighted by Crippen LogP contribution is 2.40. The second-order valence-electron chi connectivity index (χ2n) is 15.3. The number of urea groups is 1. The highest BCUT2D eigenvalue weighted by molar-refractivity contribution is 7.80. The summed E-state index contributed by atoms with van der Waals surface area (Å²) in [5, 5.41) is 14.5. The van der Waals surface area contributed by atoms with Crippen LogP contribution < -0.4 is 20.4 Å². The van der Waals surface area contributed by atoms with Crippen molar-refractivity contribution in [3.8, 4) is 6.07 Å². The zero-order valence-corrected chi connectivity index (χ0v) is 32.6. The molecule has 2 atom stereocenters. The molecule has 3 saturated heterocycles. The van der Waals surface area contributed by atoms with Crippen molar-refractivity contribution in [3.63, 3.8) is 0 Å². The number of piperazine rings is 1. The maximum absolute atomic E-state index is 13.7. The average Bonchev–Trinajstić information content (AvgIpc) is 3.32. The Morgan fingerprint density at radius 3 is 2.39 bits per heavy atom. The second-order valence-corrected chi connectivity index (χ2v) is 15.7. The number of benzene rings is 1. The van der Waals surface area contributed by atoms with Crippen LogP contribution in [0.5, 0.6) is 0 Å². The van der Waals surface area contributed by atoms with Gasteiger partial charge in [-0.05, 0) is 95.9 Å². The van der Waals surface area contributed by atoms with Crippen molar-refractivity contribution < 1.29 is 37.1 Å². The van der Waals surface area contributed by atoms with Crippen LogP contribution in [0.2, 0.25) is 0 Å². The fraction of sp³-hybridized carbons (Fsp3) is 0.553. The van der Waals surface area contributed by atoms with Crippen LogP contribution in [0.4, 0.5) is 35.2 Å². The second kappa shape index (κ2) is 16.4. The molecule has 0 radical (unpaired) electrons. The third-order valence-corrected chi connectivity index (χ3v) is 11.4. The highest BCUT2D eigenvalue weighted by atomic mass is 32.1. The number of nitrogens with zero attached hydrogens (tertiary/aromatic N) is 7. The molecule has 2 aromatic rings. The van der Waals surface area contributed by atoms with Crippen molar-refractivity contribution in [3.05, 3.63) is 47.7 Å². The molecule has 14 nitrogen and oxygen atoms in total. The largest absolute Gasteiger partial charge is 0.417 e. The zero-order valence-electron chi connectivity index (χ0n) is 31.8. The number of imide groups is 1. The Morgan fingerprint density at radius 1 is 1.09 bits per heavy atom. The van der Waals surface area contributed by atoms with Gasteiger partial charge in [0.1, 0.15) is 11.4 Å². The topological polar surface area (TPSA) is 154 Å². The molecule has 1 saturated carbocycles. The van der Waals surface area contributed by atoms with Crippen molar-refractivity contribution in [2.75, 3.05) is 54.4 Å². The molecule has 0 bridgehead atoms. The van der Waals surface area contributed by atoms with Gasteiger partial charge >= 0.3 is 12.2 Å². The number of thiocarbonyl (C=S) groups is 1. The molecule has 1 aliphatic carbocycles. The van der Waals surface area contributed by atoms with Gasteiger partial charge in [-0.2, -0.15) is 18.4 Å². The van der Waals surface area contributed by atoms with Gasteiger partial charge in [0.05, 0.1) is 54.0 Å². The molecule has 5 amide bonds. The first-order chi connectivity index (χ1) is 26.5. The summed E-state index contributed by atoms with van der Waals surface area (Å²) >= 11 is 5.73. The maximum Gasteiger partial charge on any atom is 0.417 e. The molecular formula is C38H46F3N9O5S. The van der Waals surface area contributed by atoms with E-state index in [2.05, 4.69) is 39.3 Å². The zero-order chi connectivity index (χ0) is 40.5. The molecule has 300 valence electrons. The van der Waals surface area contributed by atoms with E-state index in [1.54, 1.807) is 32.0 Å². The molecule has 2 N–H and O–H groups in total. The average molecular weight is 798 g/mol. The van der Waals surface area contributed by atoms with Gasteiger partial charge in [0.15, 0.2) is 5.11 Å². The molecular weight excluding hydrogens is 752 g/mol. The number of anilines is 3. The summed E-state index contributed by atoms with van der Waals surface area (Å²) in [7, 11) is 0. The van der Waals surface area contributed by atoms with Gasteiger partial charge in [-0.25, -0.2) is 9.78 Å². The minimum Gasteiger partial charge on any atom is -0.377 e. The van der Waals surface area contributed by atoms with Gasteiger partial charge in [0.25, 0.3) is 5.91 Å². The van der Waals surface area contributed by atoms with Gasteiger partial charge in [0, 0.05) is 50.7 Å². The summed E-state index contributed by atoms with van der Waals surface area (Å²) < 4.78 is 47.5. The Bertz CT molecular complexity index is 1890. The number of carbonyl (C=O) groups excluding carboxylic acids is 4. The summed E-state index contributed by atoms with van der Waals surface area (Å²) in [5.74, 6) is -0.528. The van der Waals surface area contributed by atoms with Crippen LogP contribution in [0.15, 0.2) is 36.5 Å². The number of ether oxygens (including phenoxy) is 1. The number of carbonyl (C=O) groups is 4. The SMILES string of the molecule is C[C@@H]1CN(CCO[C@H]2CC[C@H](N3C(=S)N(c4ccc(C#N)c(C(F)(F)F)c4)C(=O)C3(C)C)CC2)C[C@H](C)N1CC(=O)Nc1ccc(N2CCC(=O)NC2=O)nc1. The van der Waals surface area contributed by atoms with Crippen molar-refractivity contribution in [2.45, 2.75) is 95.7 Å². The number of pyridine rings is 1. The third kappa shape index (κ3) is 8.65. The van der Waals surface area contributed by atoms with E-state index in [9.17, 15) is 37.6 Å². The molecule has 18 heteroatoms. The Kier molecular flexibility index (Phi) is 12.0. The van der Waals surface area contributed by atoms with Crippen LogP contribution in [-0.2, 0) is 25.3 Å². The van der Waals surface area contributed by atoms with Crippen molar-refractivity contribution in [2.24, 2.45) is 0 Å². The summed E-state index contributed by atoms with van der Waals surface area (Å²) in [5.41, 5.74) is -2.21. The molecule has 0 spiro atoms. The lowest BCUT2D eigenvalue weighted by atomic mass is 9.89. The van der Waals surface area contributed by atoms with Crippen molar-refractivity contribution in [1.29, 1.82) is 5.26 Å². The van der Waals surface area contributed by atoms with Crippen LogP contribution in [-0.4, -0.2) is 118 Å². The Labute approximate surface area is 328 Å². The van der Waals surface area contributed by atoms with Crippen LogP contribution in [0, 0.1) is 11.3 Å². The van der Waals surface area contributed by atoms with Gasteiger partial charge < -0.3 is 15.0 Å². The molecule has 0 unspecified atom stereocenters. The maximum atomic E-state index is 13.7. The number of nitrogens with one attached hydrogen (secondary N) is 2. The number of alkyl halides is 3. The predicted octanol–water partition coefficient (Wildman–Crippen LogP) is 4.49. The van der Waals surface area contributed by atoms with Crippen molar-refractivity contribution >= 4 is 58.3 Å². The normalized spacial score (nSPS) is 25.0. The number of aromatic nitrogens is 1. The van der Waals surface area contributed by atoms with E-state index < -0.39 is 34.8 Å². The van der Waals surface area contributed by atoms with E-state index in [1.165, 1.54) is 17.2 Å². The van der Waals surface area contributed by atoms with Gasteiger partial charge in [-0.1, -0.05) is 0 Å². The smallest absolute Gasteiger partial charge is 0.377 e. The molecule has 1 aromatic heterocycles. The van der Waals surface area contributed by atoms with Crippen molar-refractivity contribution in [1.82, 2.24) is 25.0 Å². The fourth-order valence-corrected chi connectivity index (χ4v) is 8.77. The third-order valence-electron chi connectivity index (χ3n) is 11.0. The number of hydrogen-bond acceptors (Lipinski definition) is 10. The van der Waals surface area contributed by atoms with E-state index in [0.29, 0.717) is 31.0 Å². The van der Waals surface area contributed by atoms with Crippen LogP contribution >= 0.6 is 12.2 Å². The van der Waals surface area contributed by atoms with Crippen LogP contribution in [0.1, 0.15) is 70.9 Å². The van der Waals surface area contributed by atoms with E-state index in [1.807, 2.05) is 4.90 Å². The summed E-state index contributed by atoms with van der Waals surface area (Å²) in [6.45, 7) is 10.9. The first-order valence-electron chi connectivity index (χ1n) is 18.7. The van der Waals surface area contributed by atoms with Crippen LogP contribution in [0.25, 0.3) is 0 Å². The number of halogens is 3. The van der Waals surface area contributed by atoms with E-state index in [4.69, 9.17) is 17.0 Å². The summed E-state index contributed by atoms with van der Waals surface area (Å²) in [4.78, 5) is 63.3. The minimum atomic E-state index is -4.76. The lowest BCUT2D eigenvalue weighted by Gasteiger charge is -2.44. The minimum absolute atomic E-state index is 0.0153. The van der Waals surface area contributed by atoms with Crippen LogP contribution in [0.3, 0.4) is 0 Å². The lowest BCUT2D eigenvalue weighted by molar-refractivity contribution is -0.137. The van der Waals surface area contributed by atoms with E-state index >= 15 is 0 Å². The number of hydrogen-bond donors (Lipinski definition) is 2. The predicted molar refractivity (Wildman–Crippen MR) is 205 cm³/mol. The van der Waals surface area contributed by atoms with Gasteiger partial charge in [0.2, 0.25) is 11.8 Å². The number of amides is 5.